The van der Waals surface area contributed by atoms with Gasteiger partial charge >= 0.3 is 0 Å². The van der Waals surface area contributed by atoms with E-state index in [9.17, 15) is 0 Å². The van der Waals surface area contributed by atoms with Crippen molar-refractivity contribution < 1.29 is 10.2 Å². The van der Waals surface area contributed by atoms with Crippen molar-refractivity contribution >= 4 is 0 Å². The maximum absolute atomic E-state index is 2.48. The highest BCUT2D eigenvalue weighted by atomic mass is 15.1. The second kappa shape index (κ2) is 5.86. The van der Waals surface area contributed by atoms with E-state index in [-0.39, 0.29) is 0 Å². The van der Waals surface area contributed by atoms with Crippen molar-refractivity contribution in [2.45, 2.75) is 39.0 Å². The molecule has 15 heavy (non-hydrogen) atoms. The molecule has 0 saturated carbocycles. The molecule has 0 bridgehead atoms. The number of hydrogen-bond donors (Lipinski definition) is 2. The van der Waals surface area contributed by atoms with Crippen LogP contribution in [0.4, 0.5) is 0 Å². The minimum absolute atomic E-state index is 0.998. The molecular weight excluding hydrogens is 184 g/mol. The topological polar surface area (TPSA) is 21.1 Å². The molecule has 0 atom stereocenters. The predicted octanol–water partition coefficient (Wildman–Crippen LogP) is -0.335. The van der Waals surface area contributed by atoms with Crippen LogP contribution in [0.5, 0.6) is 0 Å². The van der Waals surface area contributed by atoms with Crippen molar-refractivity contribution in [3.63, 3.8) is 0 Å². The Morgan fingerprint density at radius 2 is 1.73 bits per heavy atom. The highest BCUT2D eigenvalue weighted by Crippen LogP contribution is 2.12. The predicted molar refractivity (Wildman–Crippen MR) is 63.0 cm³/mol. The Morgan fingerprint density at radius 1 is 1.07 bits per heavy atom. The summed E-state index contributed by atoms with van der Waals surface area (Å²) in [5.74, 6) is 2.06. The van der Waals surface area contributed by atoms with E-state index >= 15 is 0 Å². The average Bonchev–Trinajstić information content (AvgIpc) is 2.30. The molecule has 0 unspecified atom stereocenters. The molecule has 2 rings (SSSR count). The molecule has 0 spiro atoms. The molecule has 2 aliphatic heterocycles. The second-order valence-corrected chi connectivity index (χ2v) is 5.78. The van der Waals surface area contributed by atoms with Gasteiger partial charge in [0.05, 0.1) is 32.7 Å². The van der Waals surface area contributed by atoms with Crippen LogP contribution in [-0.4, -0.2) is 32.7 Å². The quantitative estimate of drug-likeness (QED) is 0.639. The largest absolute Gasteiger partial charge is 0.346 e. The number of nitrogens with two attached hydrogens (primary N) is 1. The van der Waals surface area contributed by atoms with E-state index in [0.717, 1.165) is 11.8 Å². The highest BCUT2D eigenvalue weighted by molar-refractivity contribution is 4.61. The van der Waals surface area contributed by atoms with Crippen LogP contribution in [0, 0.1) is 11.8 Å². The van der Waals surface area contributed by atoms with Crippen LogP contribution in [0.3, 0.4) is 0 Å². The van der Waals surface area contributed by atoms with E-state index in [1.807, 2.05) is 4.90 Å². The van der Waals surface area contributed by atoms with Crippen molar-refractivity contribution in [1.82, 2.24) is 0 Å². The molecule has 2 saturated heterocycles. The van der Waals surface area contributed by atoms with Gasteiger partial charge in [0.2, 0.25) is 0 Å². The molecule has 2 fully saturated rings. The van der Waals surface area contributed by atoms with Crippen molar-refractivity contribution in [2.24, 2.45) is 11.8 Å². The minimum Gasteiger partial charge on any atom is -0.346 e. The lowest BCUT2D eigenvalue weighted by atomic mass is 9.93. The zero-order valence-corrected chi connectivity index (χ0v) is 10.3. The molecule has 0 amide bonds. The Balaban J connectivity index is 1.60. The van der Waals surface area contributed by atoms with Gasteiger partial charge in [0, 0.05) is 0 Å². The molecule has 2 nitrogen and oxygen atoms in total. The van der Waals surface area contributed by atoms with Crippen molar-refractivity contribution in [2.75, 3.05) is 32.7 Å². The maximum Gasteiger partial charge on any atom is 0.0773 e. The lowest BCUT2D eigenvalue weighted by Crippen LogP contribution is -3.13. The third-order valence-electron chi connectivity index (χ3n) is 4.45. The Bertz CT molecular complexity index is 167. The van der Waals surface area contributed by atoms with E-state index in [2.05, 4.69) is 12.2 Å². The van der Waals surface area contributed by atoms with E-state index in [1.165, 1.54) is 64.8 Å². The van der Waals surface area contributed by atoms with Crippen molar-refractivity contribution in [3.8, 4) is 0 Å². The van der Waals surface area contributed by atoms with Gasteiger partial charge in [-0.15, -0.1) is 0 Å². The SMILES string of the molecule is CC1CC[NH+](CCC2CC[NH2+]CC2)CC1. The summed E-state index contributed by atoms with van der Waals surface area (Å²) in [6, 6.07) is 0. The number of rotatable bonds is 3. The van der Waals surface area contributed by atoms with Gasteiger partial charge in [-0.3, -0.25) is 0 Å². The summed E-state index contributed by atoms with van der Waals surface area (Å²) in [6.07, 6.45) is 7.38. The summed E-state index contributed by atoms with van der Waals surface area (Å²) < 4.78 is 0. The van der Waals surface area contributed by atoms with Gasteiger partial charge in [-0.2, -0.15) is 0 Å². The first-order valence-electron chi connectivity index (χ1n) is 7.00. The number of quaternary nitrogens is 2. The van der Waals surface area contributed by atoms with Gasteiger partial charge in [-0.25, -0.2) is 0 Å². The van der Waals surface area contributed by atoms with Crippen LogP contribution in [-0.2, 0) is 0 Å². The Labute approximate surface area is 94.4 Å². The van der Waals surface area contributed by atoms with E-state index in [0.29, 0.717) is 0 Å². The van der Waals surface area contributed by atoms with E-state index < -0.39 is 0 Å². The molecule has 0 aromatic heterocycles. The molecule has 88 valence electrons. The van der Waals surface area contributed by atoms with Crippen LogP contribution in [0.15, 0.2) is 0 Å². The van der Waals surface area contributed by atoms with Crippen molar-refractivity contribution in [1.29, 1.82) is 0 Å². The maximum atomic E-state index is 2.48. The third-order valence-corrected chi connectivity index (χ3v) is 4.45. The summed E-state index contributed by atoms with van der Waals surface area (Å²) in [5, 5.41) is 2.48. The van der Waals surface area contributed by atoms with Gasteiger partial charge in [0.15, 0.2) is 0 Å². The fourth-order valence-corrected chi connectivity index (χ4v) is 3.11. The molecular formula is C13H28N2+2. The fraction of sp³-hybridized carbons (Fsp3) is 1.00. The molecule has 0 aromatic carbocycles. The summed E-state index contributed by atoms with van der Waals surface area (Å²) in [4.78, 5) is 1.89. The number of likely N-dealkylation sites (tertiary alicyclic amines) is 1. The molecule has 0 aromatic rings. The summed E-state index contributed by atoms with van der Waals surface area (Å²) in [5.41, 5.74) is 0. The average molecular weight is 212 g/mol. The van der Waals surface area contributed by atoms with Gasteiger partial charge in [0.25, 0.3) is 0 Å². The Hall–Kier alpha value is -0.0800. The molecule has 2 heteroatoms. The molecule has 3 N–H and O–H groups in total. The van der Waals surface area contributed by atoms with Gasteiger partial charge < -0.3 is 10.2 Å². The van der Waals surface area contributed by atoms with Gasteiger partial charge in [0.1, 0.15) is 0 Å². The van der Waals surface area contributed by atoms with Crippen molar-refractivity contribution in [3.05, 3.63) is 0 Å². The highest BCUT2D eigenvalue weighted by Gasteiger charge is 2.21. The minimum atomic E-state index is 0.998. The van der Waals surface area contributed by atoms with Crippen LogP contribution < -0.4 is 10.2 Å². The summed E-state index contributed by atoms with van der Waals surface area (Å²) in [7, 11) is 0. The molecule has 0 aliphatic carbocycles. The smallest absolute Gasteiger partial charge is 0.0773 e. The first-order chi connectivity index (χ1) is 7.34. The number of nitrogens with one attached hydrogen (secondary N) is 1. The third kappa shape index (κ3) is 3.76. The molecule has 0 radical (unpaired) electrons. The first-order valence-corrected chi connectivity index (χ1v) is 7.00. The fourth-order valence-electron chi connectivity index (χ4n) is 3.11. The van der Waals surface area contributed by atoms with Crippen LogP contribution in [0.1, 0.15) is 39.0 Å². The summed E-state index contributed by atoms with van der Waals surface area (Å²) >= 11 is 0. The lowest BCUT2D eigenvalue weighted by molar-refractivity contribution is -0.906. The van der Waals surface area contributed by atoms with Gasteiger partial charge in [-0.05, 0) is 43.9 Å². The Kier molecular flexibility index (Phi) is 4.45. The lowest BCUT2D eigenvalue weighted by Gasteiger charge is -2.29. The standard InChI is InChI=1S/C13H26N2/c1-12-4-9-15(10-5-12)11-6-13-2-7-14-8-3-13/h12-14H,2-11H2,1H3/p+2. The van der Waals surface area contributed by atoms with E-state index in [4.69, 9.17) is 0 Å². The normalized spacial score (nSPS) is 34.2. The van der Waals surface area contributed by atoms with Crippen LogP contribution in [0.2, 0.25) is 0 Å². The van der Waals surface area contributed by atoms with Crippen LogP contribution >= 0.6 is 0 Å². The van der Waals surface area contributed by atoms with E-state index in [1.54, 1.807) is 0 Å². The molecule has 2 aliphatic rings. The van der Waals surface area contributed by atoms with Gasteiger partial charge in [-0.1, -0.05) is 6.92 Å². The second-order valence-electron chi connectivity index (χ2n) is 5.78. The first kappa shape index (κ1) is 11.4. The molecule has 2 heterocycles. The zero-order chi connectivity index (χ0) is 10.5. The number of hydrogen-bond acceptors (Lipinski definition) is 0. The zero-order valence-electron chi connectivity index (χ0n) is 10.3. The van der Waals surface area contributed by atoms with Crippen LogP contribution in [0.25, 0.3) is 0 Å². The Morgan fingerprint density at radius 3 is 2.40 bits per heavy atom. The monoisotopic (exact) mass is 212 g/mol. The number of piperidine rings is 2. The summed E-state index contributed by atoms with van der Waals surface area (Å²) in [6.45, 7) is 9.53.